The maximum atomic E-state index is 12.2. The third kappa shape index (κ3) is 5.77. The van der Waals surface area contributed by atoms with Crippen LogP contribution in [0.15, 0.2) is 42.5 Å². The summed E-state index contributed by atoms with van der Waals surface area (Å²) in [5.41, 5.74) is 2.42. The van der Waals surface area contributed by atoms with Gasteiger partial charge in [0.05, 0.1) is 13.0 Å². The highest BCUT2D eigenvalue weighted by Crippen LogP contribution is 2.23. The van der Waals surface area contributed by atoms with Crippen molar-refractivity contribution in [2.75, 3.05) is 11.9 Å². The van der Waals surface area contributed by atoms with Crippen molar-refractivity contribution in [2.45, 2.75) is 33.3 Å². The van der Waals surface area contributed by atoms with E-state index in [2.05, 4.69) is 5.32 Å². The number of carbonyl (C=O) groups excluding carboxylic acids is 2. The minimum Gasteiger partial charge on any atom is -0.493 e. The molecule has 2 aromatic carbocycles. The summed E-state index contributed by atoms with van der Waals surface area (Å²) in [4.78, 5) is 24.1. The smallest absolute Gasteiger partial charge is 0.310 e. The Morgan fingerprint density at radius 2 is 1.88 bits per heavy atom. The van der Waals surface area contributed by atoms with E-state index in [1.54, 1.807) is 25.1 Å². The van der Waals surface area contributed by atoms with Crippen molar-refractivity contribution in [3.63, 3.8) is 0 Å². The molecule has 0 saturated heterocycles. The molecule has 2 aromatic rings. The summed E-state index contributed by atoms with van der Waals surface area (Å²) in [6.45, 7) is 5.47. The summed E-state index contributed by atoms with van der Waals surface area (Å²) < 4.78 is 10.7. The van der Waals surface area contributed by atoms with Gasteiger partial charge in [-0.2, -0.15) is 0 Å². The number of rotatable bonds is 7. The van der Waals surface area contributed by atoms with Gasteiger partial charge in [-0.15, -0.1) is 0 Å². The topological polar surface area (TPSA) is 64.6 Å². The second-order valence-electron chi connectivity index (χ2n) is 5.95. The second-order valence-corrected chi connectivity index (χ2v) is 6.36. The Hall–Kier alpha value is -2.53. The number of hydrogen-bond acceptors (Lipinski definition) is 4. The normalized spacial score (nSPS) is 11.5. The van der Waals surface area contributed by atoms with Gasteiger partial charge >= 0.3 is 5.97 Å². The van der Waals surface area contributed by atoms with Gasteiger partial charge in [0.2, 0.25) is 0 Å². The van der Waals surface area contributed by atoms with Crippen molar-refractivity contribution < 1.29 is 19.1 Å². The standard InChI is InChI=1S/C20H22ClNO4/c1-13-6-4-7-16(12-13)25-11-10-19(23)26-15(3)20(24)22-18-9-5-8-17(21)14(18)2/h4-9,12,15H,10-11H2,1-3H3,(H,22,24)/t15-/m0/s1. The van der Waals surface area contributed by atoms with Gasteiger partial charge < -0.3 is 14.8 Å². The van der Waals surface area contributed by atoms with Crippen molar-refractivity contribution in [2.24, 2.45) is 0 Å². The molecule has 5 nitrogen and oxygen atoms in total. The number of benzene rings is 2. The second kappa shape index (κ2) is 9.25. The zero-order valence-electron chi connectivity index (χ0n) is 15.0. The van der Waals surface area contributed by atoms with Crippen molar-refractivity contribution in [3.05, 3.63) is 58.6 Å². The third-order valence-corrected chi connectivity index (χ3v) is 4.18. The highest BCUT2D eigenvalue weighted by Gasteiger charge is 2.18. The zero-order chi connectivity index (χ0) is 19.1. The molecule has 6 heteroatoms. The molecule has 0 aromatic heterocycles. The van der Waals surface area contributed by atoms with E-state index in [4.69, 9.17) is 21.1 Å². The number of anilines is 1. The monoisotopic (exact) mass is 375 g/mol. The van der Waals surface area contributed by atoms with Crippen LogP contribution >= 0.6 is 11.6 Å². The fourth-order valence-corrected chi connectivity index (χ4v) is 2.42. The van der Waals surface area contributed by atoms with Gasteiger partial charge in [-0.1, -0.05) is 29.8 Å². The molecule has 138 valence electrons. The lowest BCUT2D eigenvalue weighted by atomic mass is 10.2. The molecule has 1 N–H and O–H groups in total. The van der Waals surface area contributed by atoms with Crippen molar-refractivity contribution in [3.8, 4) is 5.75 Å². The molecule has 0 fully saturated rings. The molecule has 0 saturated carbocycles. The van der Waals surface area contributed by atoms with Crippen LogP contribution in [-0.4, -0.2) is 24.6 Å². The fourth-order valence-electron chi connectivity index (χ4n) is 2.24. The summed E-state index contributed by atoms with van der Waals surface area (Å²) in [6.07, 6.45) is -0.860. The third-order valence-electron chi connectivity index (χ3n) is 3.77. The van der Waals surface area contributed by atoms with Crippen LogP contribution in [0.25, 0.3) is 0 Å². The quantitative estimate of drug-likeness (QED) is 0.733. The van der Waals surface area contributed by atoms with Gasteiger partial charge in [-0.05, 0) is 56.2 Å². The van der Waals surface area contributed by atoms with E-state index in [1.807, 2.05) is 31.2 Å². The number of aryl methyl sites for hydroxylation is 1. The molecule has 0 aliphatic rings. The molecule has 0 heterocycles. The van der Waals surface area contributed by atoms with Gasteiger partial charge in [0, 0.05) is 10.7 Å². The first-order chi connectivity index (χ1) is 12.4. The average molecular weight is 376 g/mol. The van der Waals surface area contributed by atoms with Crippen LogP contribution in [0.4, 0.5) is 5.69 Å². The highest BCUT2D eigenvalue weighted by atomic mass is 35.5. The van der Waals surface area contributed by atoms with E-state index < -0.39 is 18.0 Å². The SMILES string of the molecule is Cc1cccc(OCCC(=O)O[C@@H](C)C(=O)Nc2cccc(Cl)c2C)c1. The van der Waals surface area contributed by atoms with E-state index in [0.717, 1.165) is 11.1 Å². The van der Waals surface area contributed by atoms with Crippen LogP contribution in [0.5, 0.6) is 5.75 Å². The Morgan fingerprint density at radius 1 is 1.15 bits per heavy atom. The van der Waals surface area contributed by atoms with Crippen LogP contribution in [0.3, 0.4) is 0 Å². The Morgan fingerprint density at radius 3 is 2.62 bits per heavy atom. The largest absolute Gasteiger partial charge is 0.493 e. The summed E-state index contributed by atoms with van der Waals surface area (Å²) in [7, 11) is 0. The van der Waals surface area contributed by atoms with Crippen molar-refractivity contribution in [1.29, 1.82) is 0 Å². The number of nitrogens with one attached hydrogen (secondary N) is 1. The van der Waals surface area contributed by atoms with Crippen LogP contribution in [0.2, 0.25) is 5.02 Å². The fraction of sp³-hybridized carbons (Fsp3) is 0.300. The van der Waals surface area contributed by atoms with Crippen LogP contribution in [0, 0.1) is 13.8 Å². The van der Waals surface area contributed by atoms with Crippen molar-refractivity contribution >= 4 is 29.2 Å². The molecule has 0 radical (unpaired) electrons. The summed E-state index contributed by atoms with van der Waals surface area (Å²) in [5, 5.41) is 3.27. The molecule has 26 heavy (non-hydrogen) atoms. The molecular formula is C20H22ClNO4. The minimum atomic E-state index is -0.917. The van der Waals surface area contributed by atoms with Crippen LogP contribution < -0.4 is 10.1 Å². The number of ether oxygens (including phenoxy) is 2. The lowest BCUT2D eigenvalue weighted by molar-refractivity contribution is -0.153. The number of carbonyl (C=O) groups is 2. The van der Waals surface area contributed by atoms with Gasteiger partial charge in [0.15, 0.2) is 6.10 Å². The molecular weight excluding hydrogens is 354 g/mol. The summed E-state index contributed by atoms with van der Waals surface area (Å²) >= 11 is 6.03. The molecule has 0 spiro atoms. The number of halogens is 1. The Balaban J connectivity index is 1.78. The molecule has 0 unspecified atom stereocenters. The van der Waals surface area contributed by atoms with Gasteiger partial charge in [-0.25, -0.2) is 0 Å². The van der Waals surface area contributed by atoms with Gasteiger partial charge in [-0.3, -0.25) is 9.59 Å². The zero-order valence-corrected chi connectivity index (χ0v) is 15.8. The highest BCUT2D eigenvalue weighted by molar-refractivity contribution is 6.31. The predicted octanol–water partition coefficient (Wildman–Crippen LogP) is 4.30. The molecule has 1 atom stereocenters. The van der Waals surface area contributed by atoms with E-state index >= 15 is 0 Å². The Kier molecular flexibility index (Phi) is 7.04. The predicted molar refractivity (Wildman–Crippen MR) is 102 cm³/mol. The Labute approximate surface area is 158 Å². The summed E-state index contributed by atoms with van der Waals surface area (Å²) in [6, 6.07) is 12.8. The molecule has 0 aliphatic carbocycles. The van der Waals surface area contributed by atoms with E-state index in [1.165, 1.54) is 6.92 Å². The first-order valence-electron chi connectivity index (χ1n) is 8.31. The van der Waals surface area contributed by atoms with E-state index in [-0.39, 0.29) is 13.0 Å². The van der Waals surface area contributed by atoms with Gasteiger partial charge in [0.25, 0.3) is 5.91 Å². The first kappa shape index (κ1) is 19.8. The van der Waals surface area contributed by atoms with E-state index in [9.17, 15) is 9.59 Å². The van der Waals surface area contributed by atoms with Gasteiger partial charge in [0.1, 0.15) is 5.75 Å². The lowest BCUT2D eigenvalue weighted by Gasteiger charge is -2.15. The number of amides is 1. The average Bonchev–Trinajstić information content (AvgIpc) is 2.59. The number of hydrogen-bond donors (Lipinski definition) is 1. The molecule has 0 aliphatic heterocycles. The van der Waals surface area contributed by atoms with Crippen LogP contribution in [0.1, 0.15) is 24.5 Å². The van der Waals surface area contributed by atoms with Crippen LogP contribution in [-0.2, 0) is 14.3 Å². The maximum Gasteiger partial charge on any atom is 0.310 e. The molecule has 0 bridgehead atoms. The van der Waals surface area contributed by atoms with E-state index in [0.29, 0.717) is 16.5 Å². The maximum absolute atomic E-state index is 12.2. The first-order valence-corrected chi connectivity index (χ1v) is 8.69. The molecule has 2 rings (SSSR count). The van der Waals surface area contributed by atoms with Crippen molar-refractivity contribution in [1.82, 2.24) is 0 Å². The lowest BCUT2D eigenvalue weighted by Crippen LogP contribution is -2.30. The number of esters is 1. The summed E-state index contributed by atoms with van der Waals surface area (Å²) in [5.74, 6) is -0.216. The Bertz CT molecular complexity index is 791. The minimum absolute atomic E-state index is 0.0573. The molecule has 1 amide bonds.